The molecule has 1 aliphatic rings. The minimum Gasteiger partial charge on any atom is -0.472 e. The van der Waals surface area contributed by atoms with Crippen molar-refractivity contribution in [1.29, 1.82) is 0 Å². The van der Waals surface area contributed by atoms with Crippen molar-refractivity contribution in [3.05, 3.63) is 48.4 Å². The quantitative estimate of drug-likeness (QED) is 0.759. The zero-order valence-corrected chi connectivity index (χ0v) is 13.3. The molecule has 2 heterocycles. The summed E-state index contributed by atoms with van der Waals surface area (Å²) in [4.78, 5) is 2.69. The lowest BCUT2D eigenvalue weighted by Gasteiger charge is -2.40. The fraction of sp³-hybridized carbons (Fsp3) is 0.474. The number of furan rings is 1. The van der Waals surface area contributed by atoms with Crippen molar-refractivity contribution in [1.82, 2.24) is 4.90 Å². The highest BCUT2D eigenvalue weighted by Gasteiger charge is 2.36. The lowest BCUT2D eigenvalue weighted by atomic mass is 9.91. The molecule has 0 N–H and O–H groups in total. The van der Waals surface area contributed by atoms with Gasteiger partial charge >= 0.3 is 0 Å². The topological polar surface area (TPSA) is 16.4 Å². The summed E-state index contributed by atoms with van der Waals surface area (Å²) in [6.07, 6.45) is 7.32. The molecule has 1 aliphatic heterocycles. The van der Waals surface area contributed by atoms with E-state index in [1.54, 1.807) is 6.26 Å². The molecule has 0 saturated carbocycles. The number of benzene rings is 1. The fourth-order valence-electron chi connectivity index (χ4n) is 3.49. The first kappa shape index (κ1) is 14.4. The van der Waals surface area contributed by atoms with Crippen LogP contribution in [0, 0.1) is 0 Å². The minimum absolute atomic E-state index is 0.255. The number of rotatable bonds is 4. The third-order valence-corrected chi connectivity index (χ3v) is 5.05. The van der Waals surface area contributed by atoms with E-state index in [0.29, 0.717) is 6.04 Å². The van der Waals surface area contributed by atoms with Gasteiger partial charge in [-0.25, -0.2) is 0 Å². The highest BCUT2D eigenvalue weighted by Crippen LogP contribution is 2.42. The van der Waals surface area contributed by atoms with Crippen LogP contribution >= 0.6 is 0 Å². The predicted octanol–water partition coefficient (Wildman–Crippen LogP) is 5.27. The van der Waals surface area contributed by atoms with E-state index in [2.05, 4.69) is 56.0 Å². The van der Waals surface area contributed by atoms with Crippen molar-refractivity contribution in [2.24, 2.45) is 0 Å². The molecular formula is C19H25NO. The van der Waals surface area contributed by atoms with E-state index in [1.807, 2.05) is 6.26 Å². The monoisotopic (exact) mass is 283 g/mol. The summed E-state index contributed by atoms with van der Waals surface area (Å²) < 4.78 is 5.29. The number of hydrogen-bond acceptors (Lipinski definition) is 2. The normalized spacial score (nSPS) is 20.0. The average Bonchev–Trinajstić information content (AvgIpc) is 3.18. The molecule has 1 aromatic heterocycles. The molecule has 112 valence electrons. The molecule has 21 heavy (non-hydrogen) atoms. The molecular weight excluding hydrogens is 258 g/mol. The van der Waals surface area contributed by atoms with Crippen molar-refractivity contribution in [3.8, 4) is 11.1 Å². The van der Waals surface area contributed by atoms with Crippen LogP contribution in [-0.4, -0.2) is 17.0 Å². The summed E-state index contributed by atoms with van der Waals surface area (Å²) in [6.45, 7) is 8.22. The number of likely N-dealkylation sites (tertiary alicyclic amines) is 1. The van der Waals surface area contributed by atoms with Crippen molar-refractivity contribution >= 4 is 0 Å². The Kier molecular flexibility index (Phi) is 3.90. The van der Waals surface area contributed by atoms with Crippen LogP contribution in [0.4, 0.5) is 0 Å². The highest BCUT2D eigenvalue weighted by molar-refractivity contribution is 5.67. The molecule has 0 spiro atoms. The maximum Gasteiger partial charge on any atom is 0.0981 e. The summed E-state index contributed by atoms with van der Waals surface area (Å²) in [7, 11) is 0. The van der Waals surface area contributed by atoms with Gasteiger partial charge in [0.2, 0.25) is 0 Å². The molecule has 2 aromatic rings. The number of nitrogens with zero attached hydrogens (tertiary/aromatic N) is 1. The lowest BCUT2D eigenvalue weighted by Crippen LogP contribution is -2.42. The molecule has 1 aromatic carbocycles. The van der Waals surface area contributed by atoms with Gasteiger partial charge in [-0.3, -0.25) is 4.90 Å². The third-order valence-electron chi connectivity index (χ3n) is 5.05. The molecule has 1 fully saturated rings. The van der Waals surface area contributed by atoms with Crippen molar-refractivity contribution in [3.63, 3.8) is 0 Å². The summed E-state index contributed by atoms with van der Waals surface area (Å²) in [5.74, 6) is 0. The van der Waals surface area contributed by atoms with Crippen LogP contribution in [0.25, 0.3) is 11.1 Å². The van der Waals surface area contributed by atoms with Gasteiger partial charge in [-0.1, -0.05) is 31.2 Å². The van der Waals surface area contributed by atoms with Crippen LogP contribution in [0.15, 0.2) is 47.3 Å². The minimum atomic E-state index is 0.255. The van der Waals surface area contributed by atoms with Crippen LogP contribution in [0.3, 0.4) is 0 Å². The van der Waals surface area contributed by atoms with Crippen LogP contribution in [0.2, 0.25) is 0 Å². The molecule has 1 unspecified atom stereocenters. The van der Waals surface area contributed by atoms with Gasteiger partial charge in [-0.15, -0.1) is 0 Å². The van der Waals surface area contributed by atoms with E-state index >= 15 is 0 Å². The van der Waals surface area contributed by atoms with Gasteiger partial charge in [0.1, 0.15) is 0 Å². The second kappa shape index (κ2) is 5.69. The van der Waals surface area contributed by atoms with Gasteiger partial charge in [-0.2, -0.15) is 0 Å². The van der Waals surface area contributed by atoms with Gasteiger partial charge in [-0.05, 0) is 56.8 Å². The van der Waals surface area contributed by atoms with Crippen LogP contribution in [0.5, 0.6) is 0 Å². The highest BCUT2D eigenvalue weighted by atomic mass is 16.3. The standard InChI is InChI=1S/C19H25NO/c1-4-19(2,3)20-12-7-10-18(20)17-9-6-5-8-16(17)15-11-13-21-14-15/h5-6,8-9,11,13-14,18H,4,7,10,12H2,1-3H3. The first-order valence-corrected chi connectivity index (χ1v) is 8.02. The molecule has 3 rings (SSSR count). The fourth-order valence-corrected chi connectivity index (χ4v) is 3.49. The van der Waals surface area contributed by atoms with Crippen molar-refractivity contribution in [2.45, 2.75) is 51.6 Å². The summed E-state index contributed by atoms with van der Waals surface area (Å²) in [5, 5.41) is 0. The molecule has 0 bridgehead atoms. The zero-order valence-electron chi connectivity index (χ0n) is 13.3. The third kappa shape index (κ3) is 2.65. The predicted molar refractivity (Wildman–Crippen MR) is 87.2 cm³/mol. The van der Waals surface area contributed by atoms with Crippen LogP contribution < -0.4 is 0 Å². The van der Waals surface area contributed by atoms with Gasteiger partial charge < -0.3 is 4.42 Å². The Bertz CT molecular complexity index is 585. The Labute approximate surface area is 127 Å². The molecule has 2 heteroatoms. The second-order valence-corrected chi connectivity index (χ2v) is 6.62. The maximum atomic E-state index is 5.29. The smallest absolute Gasteiger partial charge is 0.0981 e. The number of hydrogen-bond donors (Lipinski definition) is 0. The Hall–Kier alpha value is -1.54. The summed E-state index contributed by atoms with van der Waals surface area (Å²) in [5.41, 5.74) is 4.20. The lowest BCUT2D eigenvalue weighted by molar-refractivity contribution is 0.101. The summed E-state index contributed by atoms with van der Waals surface area (Å²) >= 11 is 0. The van der Waals surface area contributed by atoms with E-state index < -0.39 is 0 Å². The Morgan fingerprint density at radius 1 is 1.24 bits per heavy atom. The van der Waals surface area contributed by atoms with Crippen LogP contribution in [0.1, 0.15) is 51.6 Å². The van der Waals surface area contributed by atoms with E-state index in [1.165, 1.54) is 42.5 Å². The Balaban J connectivity index is 2.01. The van der Waals surface area contributed by atoms with Gasteiger partial charge in [0, 0.05) is 17.1 Å². The maximum absolute atomic E-state index is 5.29. The van der Waals surface area contributed by atoms with Crippen LogP contribution in [-0.2, 0) is 0 Å². The average molecular weight is 283 g/mol. The zero-order chi connectivity index (χ0) is 14.9. The van der Waals surface area contributed by atoms with Crippen molar-refractivity contribution < 1.29 is 4.42 Å². The molecule has 2 nitrogen and oxygen atoms in total. The van der Waals surface area contributed by atoms with Gasteiger partial charge in [0.25, 0.3) is 0 Å². The summed E-state index contributed by atoms with van der Waals surface area (Å²) in [6, 6.07) is 11.4. The van der Waals surface area contributed by atoms with E-state index in [4.69, 9.17) is 4.42 Å². The van der Waals surface area contributed by atoms with E-state index in [0.717, 1.165) is 0 Å². The second-order valence-electron chi connectivity index (χ2n) is 6.62. The molecule has 0 radical (unpaired) electrons. The molecule has 0 aliphatic carbocycles. The van der Waals surface area contributed by atoms with E-state index in [-0.39, 0.29) is 5.54 Å². The molecule has 1 atom stereocenters. The molecule has 1 saturated heterocycles. The van der Waals surface area contributed by atoms with Crippen molar-refractivity contribution in [2.75, 3.05) is 6.54 Å². The largest absolute Gasteiger partial charge is 0.472 e. The van der Waals surface area contributed by atoms with E-state index in [9.17, 15) is 0 Å². The first-order chi connectivity index (χ1) is 10.1. The Morgan fingerprint density at radius 3 is 2.76 bits per heavy atom. The van der Waals surface area contributed by atoms with Gasteiger partial charge in [0.05, 0.1) is 12.5 Å². The molecule has 0 amide bonds. The first-order valence-electron chi connectivity index (χ1n) is 8.02. The SMILES string of the molecule is CCC(C)(C)N1CCCC1c1ccccc1-c1ccoc1. The Morgan fingerprint density at radius 2 is 2.05 bits per heavy atom. The van der Waals surface area contributed by atoms with Gasteiger partial charge in [0.15, 0.2) is 0 Å².